The van der Waals surface area contributed by atoms with Crippen LogP contribution in [0.3, 0.4) is 0 Å². The van der Waals surface area contributed by atoms with Gasteiger partial charge in [-0.3, -0.25) is 0 Å². The first-order chi connectivity index (χ1) is 7.93. The van der Waals surface area contributed by atoms with Crippen LogP contribution in [0.1, 0.15) is 26.2 Å². The molecule has 1 heterocycles. The fraction of sp³-hybridized carbons (Fsp3) is 0.909. The maximum atomic E-state index is 11.9. The lowest BCUT2D eigenvalue weighted by Crippen LogP contribution is -2.42. The Morgan fingerprint density at radius 1 is 1.41 bits per heavy atom. The van der Waals surface area contributed by atoms with Gasteiger partial charge in [0, 0.05) is 26.8 Å². The number of ether oxygens (including phenoxy) is 1. The van der Waals surface area contributed by atoms with Crippen molar-refractivity contribution in [2.45, 2.75) is 26.2 Å². The molecule has 0 bridgehead atoms. The first kappa shape index (κ1) is 14.4. The molecule has 0 aromatic carbocycles. The van der Waals surface area contributed by atoms with Crippen molar-refractivity contribution in [3.8, 4) is 6.07 Å². The summed E-state index contributed by atoms with van der Waals surface area (Å²) in [5.41, 5.74) is -0.363. The Balaban J connectivity index is 2.51. The van der Waals surface area contributed by atoms with Crippen molar-refractivity contribution >= 4 is 10.0 Å². The van der Waals surface area contributed by atoms with E-state index in [1.807, 2.05) is 6.92 Å². The summed E-state index contributed by atoms with van der Waals surface area (Å²) >= 11 is 0. The fourth-order valence-corrected chi connectivity index (χ4v) is 3.36. The second-order valence-corrected chi connectivity index (χ2v) is 6.82. The molecule has 0 unspecified atom stereocenters. The van der Waals surface area contributed by atoms with Crippen LogP contribution in [0.25, 0.3) is 0 Å². The molecule has 1 aliphatic rings. The van der Waals surface area contributed by atoms with Crippen LogP contribution < -0.4 is 0 Å². The van der Waals surface area contributed by atoms with Gasteiger partial charge in [-0.15, -0.1) is 0 Å². The predicted octanol–water partition coefficient (Wildman–Crippen LogP) is 0.978. The van der Waals surface area contributed by atoms with E-state index in [1.54, 1.807) is 7.11 Å². The summed E-state index contributed by atoms with van der Waals surface area (Å²) in [5.74, 6) is 0.129. The van der Waals surface area contributed by atoms with Gasteiger partial charge in [-0.05, 0) is 26.2 Å². The Morgan fingerprint density at radius 2 is 2.00 bits per heavy atom. The zero-order chi connectivity index (χ0) is 12.9. The van der Waals surface area contributed by atoms with Crippen LogP contribution in [0, 0.1) is 16.7 Å². The van der Waals surface area contributed by atoms with Gasteiger partial charge in [-0.25, -0.2) is 12.7 Å². The third-order valence-corrected chi connectivity index (χ3v) is 5.20. The largest absolute Gasteiger partial charge is 0.385 e. The highest BCUT2D eigenvalue weighted by atomic mass is 32.2. The van der Waals surface area contributed by atoms with Crippen LogP contribution in [0.4, 0.5) is 0 Å². The van der Waals surface area contributed by atoms with Crippen LogP contribution >= 0.6 is 0 Å². The van der Waals surface area contributed by atoms with Gasteiger partial charge in [0.15, 0.2) is 0 Å². The number of nitriles is 1. The molecule has 0 aromatic rings. The maximum absolute atomic E-state index is 11.9. The van der Waals surface area contributed by atoms with Gasteiger partial charge in [0.05, 0.1) is 17.2 Å². The van der Waals surface area contributed by atoms with E-state index >= 15 is 0 Å². The minimum atomic E-state index is -3.17. The van der Waals surface area contributed by atoms with Gasteiger partial charge in [-0.1, -0.05) is 0 Å². The Hall–Kier alpha value is -0.640. The van der Waals surface area contributed by atoms with E-state index in [0.29, 0.717) is 39.0 Å². The lowest BCUT2D eigenvalue weighted by Gasteiger charge is -2.34. The Labute approximate surface area is 103 Å². The second kappa shape index (κ2) is 5.80. The van der Waals surface area contributed by atoms with Gasteiger partial charge in [0.25, 0.3) is 0 Å². The molecule has 1 rings (SSSR count). The minimum Gasteiger partial charge on any atom is -0.385 e. The van der Waals surface area contributed by atoms with Crippen molar-refractivity contribution in [3.05, 3.63) is 0 Å². The number of rotatable bonds is 5. The first-order valence-corrected chi connectivity index (χ1v) is 7.42. The van der Waals surface area contributed by atoms with Gasteiger partial charge in [0.1, 0.15) is 0 Å². The normalized spacial score (nSPS) is 21.0. The molecular weight excluding hydrogens is 240 g/mol. The zero-order valence-corrected chi connectivity index (χ0v) is 11.3. The van der Waals surface area contributed by atoms with Gasteiger partial charge in [-0.2, -0.15) is 5.26 Å². The van der Waals surface area contributed by atoms with Crippen LogP contribution in [-0.4, -0.2) is 45.3 Å². The van der Waals surface area contributed by atoms with Crippen LogP contribution in [0.5, 0.6) is 0 Å². The SMILES string of the molecule is COCCCS(=O)(=O)N1CCC(C)(C#N)CC1. The van der Waals surface area contributed by atoms with E-state index in [0.717, 1.165) is 0 Å². The summed E-state index contributed by atoms with van der Waals surface area (Å²) in [6, 6.07) is 2.26. The smallest absolute Gasteiger partial charge is 0.214 e. The molecule has 1 saturated heterocycles. The number of methoxy groups -OCH3 is 1. The van der Waals surface area contributed by atoms with Crippen molar-refractivity contribution in [3.63, 3.8) is 0 Å². The summed E-state index contributed by atoms with van der Waals surface area (Å²) < 4.78 is 30.2. The number of nitrogens with zero attached hydrogens (tertiary/aromatic N) is 2. The van der Waals surface area contributed by atoms with E-state index in [2.05, 4.69) is 6.07 Å². The average Bonchev–Trinajstić information content (AvgIpc) is 2.30. The van der Waals surface area contributed by atoms with Crippen molar-refractivity contribution in [1.29, 1.82) is 5.26 Å². The van der Waals surface area contributed by atoms with Crippen molar-refractivity contribution in [1.82, 2.24) is 4.31 Å². The summed E-state index contributed by atoms with van der Waals surface area (Å²) in [6.45, 7) is 3.27. The number of sulfonamides is 1. The summed E-state index contributed by atoms with van der Waals surface area (Å²) in [5, 5.41) is 8.98. The van der Waals surface area contributed by atoms with Crippen LogP contribution in [-0.2, 0) is 14.8 Å². The highest BCUT2D eigenvalue weighted by Crippen LogP contribution is 2.30. The molecule has 0 spiro atoms. The zero-order valence-electron chi connectivity index (χ0n) is 10.5. The van der Waals surface area contributed by atoms with Gasteiger partial charge < -0.3 is 4.74 Å². The highest BCUT2D eigenvalue weighted by Gasteiger charge is 2.34. The van der Waals surface area contributed by atoms with E-state index in [-0.39, 0.29) is 11.2 Å². The molecular formula is C11H20N2O3S. The molecule has 0 N–H and O–H groups in total. The molecule has 0 aliphatic carbocycles. The molecule has 0 saturated carbocycles. The van der Waals surface area contributed by atoms with Gasteiger partial charge >= 0.3 is 0 Å². The Bertz CT molecular complexity index is 378. The van der Waals surface area contributed by atoms with Crippen molar-refractivity contribution in [2.75, 3.05) is 32.6 Å². The molecule has 1 fully saturated rings. The maximum Gasteiger partial charge on any atom is 0.214 e. The van der Waals surface area contributed by atoms with Crippen LogP contribution in [0.15, 0.2) is 0 Å². The Kier molecular flexibility index (Phi) is 4.92. The minimum absolute atomic E-state index is 0.129. The number of hydrogen-bond donors (Lipinski definition) is 0. The first-order valence-electron chi connectivity index (χ1n) is 5.81. The fourth-order valence-electron chi connectivity index (χ4n) is 1.88. The summed E-state index contributed by atoms with van der Waals surface area (Å²) in [6.07, 6.45) is 1.75. The molecule has 0 atom stereocenters. The Morgan fingerprint density at radius 3 is 2.47 bits per heavy atom. The molecule has 0 aromatic heterocycles. The lowest BCUT2D eigenvalue weighted by atomic mass is 9.83. The summed E-state index contributed by atoms with van der Waals surface area (Å²) in [4.78, 5) is 0. The van der Waals surface area contributed by atoms with Crippen molar-refractivity contribution < 1.29 is 13.2 Å². The summed E-state index contributed by atoms with van der Waals surface area (Å²) in [7, 11) is -1.61. The molecule has 0 amide bonds. The number of piperidine rings is 1. The second-order valence-electron chi connectivity index (χ2n) is 4.73. The van der Waals surface area contributed by atoms with E-state index in [4.69, 9.17) is 10.00 Å². The standard InChI is InChI=1S/C11H20N2O3S/c1-11(10-12)4-6-13(7-5-11)17(14,15)9-3-8-16-2/h3-9H2,1-2H3. The van der Waals surface area contributed by atoms with E-state index in [9.17, 15) is 8.42 Å². The van der Waals surface area contributed by atoms with Crippen molar-refractivity contribution in [2.24, 2.45) is 5.41 Å². The molecule has 17 heavy (non-hydrogen) atoms. The molecule has 5 nitrogen and oxygen atoms in total. The molecule has 1 aliphatic heterocycles. The molecule has 0 radical (unpaired) electrons. The monoisotopic (exact) mass is 260 g/mol. The van der Waals surface area contributed by atoms with E-state index in [1.165, 1.54) is 4.31 Å². The molecule has 98 valence electrons. The predicted molar refractivity (Wildman–Crippen MR) is 64.8 cm³/mol. The lowest BCUT2D eigenvalue weighted by molar-refractivity contribution is 0.198. The highest BCUT2D eigenvalue weighted by molar-refractivity contribution is 7.89. The third kappa shape index (κ3) is 3.95. The molecule has 6 heteroatoms. The topological polar surface area (TPSA) is 70.4 Å². The van der Waals surface area contributed by atoms with Crippen LogP contribution in [0.2, 0.25) is 0 Å². The quantitative estimate of drug-likeness (QED) is 0.691. The van der Waals surface area contributed by atoms with E-state index < -0.39 is 10.0 Å². The average molecular weight is 260 g/mol. The number of hydrogen-bond acceptors (Lipinski definition) is 4. The third-order valence-electron chi connectivity index (χ3n) is 3.24. The van der Waals surface area contributed by atoms with Gasteiger partial charge in [0.2, 0.25) is 10.0 Å².